The second kappa shape index (κ2) is 5.27. The van der Waals surface area contributed by atoms with Crippen LogP contribution in [-0.4, -0.2) is 11.2 Å². The lowest BCUT2D eigenvalue weighted by molar-refractivity contribution is 0.417. The third-order valence-electron chi connectivity index (χ3n) is 2.45. The third-order valence-corrected chi connectivity index (χ3v) is 2.45. The standard InChI is InChI=1S/C13H14F2N2O/c1-8(2)16-7-10-6-13(18-17-10)9-3-4-11(14)12(15)5-9/h3-6,8,16H,7H2,1-2H3. The number of rotatable bonds is 4. The highest BCUT2D eigenvalue weighted by molar-refractivity contribution is 5.57. The van der Waals surface area contributed by atoms with Crippen LogP contribution in [0.25, 0.3) is 11.3 Å². The maximum absolute atomic E-state index is 13.1. The van der Waals surface area contributed by atoms with Crippen molar-refractivity contribution in [2.45, 2.75) is 26.4 Å². The summed E-state index contributed by atoms with van der Waals surface area (Å²) in [6, 6.07) is 5.67. The van der Waals surface area contributed by atoms with Crippen molar-refractivity contribution in [3.05, 3.63) is 41.6 Å². The van der Waals surface area contributed by atoms with Gasteiger partial charge in [-0.3, -0.25) is 0 Å². The molecule has 3 nitrogen and oxygen atoms in total. The van der Waals surface area contributed by atoms with Crippen LogP contribution >= 0.6 is 0 Å². The molecule has 0 bridgehead atoms. The van der Waals surface area contributed by atoms with Crippen molar-refractivity contribution in [1.82, 2.24) is 10.5 Å². The first-order valence-corrected chi connectivity index (χ1v) is 5.70. The Morgan fingerprint density at radius 1 is 1.22 bits per heavy atom. The largest absolute Gasteiger partial charge is 0.356 e. The molecule has 0 radical (unpaired) electrons. The van der Waals surface area contributed by atoms with E-state index < -0.39 is 11.6 Å². The molecule has 0 atom stereocenters. The Kier molecular flexibility index (Phi) is 3.72. The van der Waals surface area contributed by atoms with Gasteiger partial charge in [-0.2, -0.15) is 0 Å². The summed E-state index contributed by atoms with van der Waals surface area (Å²) in [5, 5.41) is 7.05. The molecule has 0 aliphatic carbocycles. The number of nitrogens with zero attached hydrogens (tertiary/aromatic N) is 1. The van der Waals surface area contributed by atoms with E-state index in [4.69, 9.17) is 4.52 Å². The normalized spacial score (nSPS) is 11.2. The molecule has 96 valence electrons. The molecule has 0 saturated carbocycles. The van der Waals surface area contributed by atoms with Crippen LogP contribution in [0.4, 0.5) is 8.78 Å². The van der Waals surface area contributed by atoms with E-state index in [-0.39, 0.29) is 0 Å². The van der Waals surface area contributed by atoms with Gasteiger partial charge in [-0.05, 0) is 18.2 Å². The molecule has 2 aromatic rings. The molecule has 0 unspecified atom stereocenters. The van der Waals surface area contributed by atoms with Gasteiger partial charge >= 0.3 is 0 Å². The van der Waals surface area contributed by atoms with Crippen LogP contribution in [0.1, 0.15) is 19.5 Å². The van der Waals surface area contributed by atoms with E-state index in [9.17, 15) is 8.78 Å². The number of benzene rings is 1. The summed E-state index contributed by atoms with van der Waals surface area (Å²) < 4.78 is 31.0. The maximum atomic E-state index is 13.1. The molecular formula is C13H14F2N2O. The van der Waals surface area contributed by atoms with E-state index in [1.807, 2.05) is 13.8 Å². The van der Waals surface area contributed by atoms with Gasteiger partial charge in [0, 0.05) is 24.2 Å². The van der Waals surface area contributed by atoms with Crippen LogP contribution in [0.2, 0.25) is 0 Å². The lowest BCUT2D eigenvalue weighted by Gasteiger charge is -2.03. The highest BCUT2D eigenvalue weighted by atomic mass is 19.2. The first-order chi connectivity index (χ1) is 8.56. The van der Waals surface area contributed by atoms with Gasteiger partial charge in [-0.1, -0.05) is 19.0 Å². The van der Waals surface area contributed by atoms with Crippen molar-refractivity contribution in [2.75, 3.05) is 0 Å². The van der Waals surface area contributed by atoms with E-state index in [1.54, 1.807) is 6.07 Å². The fourth-order valence-corrected chi connectivity index (χ4v) is 1.49. The lowest BCUT2D eigenvalue weighted by atomic mass is 10.1. The number of hydrogen-bond acceptors (Lipinski definition) is 3. The molecule has 5 heteroatoms. The highest BCUT2D eigenvalue weighted by Crippen LogP contribution is 2.22. The first-order valence-electron chi connectivity index (χ1n) is 5.70. The fraction of sp³-hybridized carbons (Fsp3) is 0.308. The molecule has 18 heavy (non-hydrogen) atoms. The summed E-state index contributed by atoms with van der Waals surface area (Å²) >= 11 is 0. The van der Waals surface area contributed by atoms with Gasteiger partial charge in [0.25, 0.3) is 0 Å². The molecule has 0 amide bonds. The minimum Gasteiger partial charge on any atom is -0.356 e. The van der Waals surface area contributed by atoms with Gasteiger partial charge in [0.1, 0.15) is 0 Å². The minimum absolute atomic E-state index is 0.341. The topological polar surface area (TPSA) is 38.1 Å². The Morgan fingerprint density at radius 3 is 2.67 bits per heavy atom. The van der Waals surface area contributed by atoms with Crippen LogP contribution in [0.3, 0.4) is 0 Å². The van der Waals surface area contributed by atoms with Crippen molar-refractivity contribution in [2.24, 2.45) is 0 Å². The Hall–Kier alpha value is -1.75. The molecule has 0 aliphatic heterocycles. The van der Waals surface area contributed by atoms with E-state index in [1.165, 1.54) is 6.07 Å². The molecule has 0 spiro atoms. The predicted octanol–water partition coefficient (Wildman–Crippen LogP) is 3.12. The van der Waals surface area contributed by atoms with Crippen LogP contribution in [0.15, 0.2) is 28.8 Å². The first kappa shape index (κ1) is 12.7. The SMILES string of the molecule is CC(C)NCc1cc(-c2ccc(F)c(F)c2)on1. The molecule has 2 rings (SSSR count). The van der Waals surface area contributed by atoms with Gasteiger partial charge in [0.05, 0.1) is 5.69 Å². The van der Waals surface area contributed by atoms with Crippen LogP contribution < -0.4 is 5.32 Å². The average Bonchev–Trinajstić information content (AvgIpc) is 2.79. The monoisotopic (exact) mass is 252 g/mol. The molecule has 1 aromatic carbocycles. The quantitative estimate of drug-likeness (QED) is 0.908. The van der Waals surface area contributed by atoms with E-state index in [0.29, 0.717) is 23.9 Å². The summed E-state index contributed by atoms with van der Waals surface area (Å²) in [5.41, 5.74) is 1.20. The summed E-state index contributed by atoms with van der Waals surface area (Å²) in [6.45, 7) is 4.62. The van der Waals surface area contributed by atoms with Gasteiger partial charge in [0.2, 0.25) is 0 Å². The van der Waals surface area contributed by atoms with E-state index in [2.05, 4.69) is 10.5 Å². The molecule has 1 N–H and O–H groups in total. The van der Waals surface area contributed by atoms with Crippen molar-refractivity contribution in [3.8, 4) is 11.3 Å². The predicted molar refractivity (Wildman–Crippen MR) is 63.8 cm³/mol. The highest BCUT2D eigenvalue weighted by Gasteiger charge is 2.10. The zero-order valence-corrected chi connectivity index (χ0v) is 10.2. The Morgan fingerprint density at radius 2 is 2.00 bits per heavy atom. The number of hydrogen-bond donors (Lipinski definition) is 1. The van der Waals surface area contributed by atoms with Gasteiger partial charge in [0.15, 0.2) is 17.4 Å². The van der Waals surface area contributed by atoms with Crippen molar-refractivity contribution in [1.29, 1.82) is 0 Å². The van der Waals surface area contributed by atoms with Crippen molar-refractivity contribution < 1.29 is 13.3 Å². The van der Waals surface area contributed by atoms with Gasteiger partial charge < -0.3 is 9.84 Å². The van der Waals surface area contributed by atoms with Crippen molar-refractivity contribution >= 4 is 0 Å². The molecule has 0 aliphatic rings. The molecule has 0 fully saturated rings. The number of aromatic nitrogens is 1. The molecule has 1 heterocycles. The summed E-state index contributed by atoms with van der Waals surface area (Å²) in [5.74, 6) is -1.35. The van der Waals surface area contributed by atoms with Crippen molar-refractivity contribution in [3.63, 3.8) is 0 Å². The third kappa shape index (κ3) is 2.92. The van der Waals surface area contributed by atoms with Crippen LogP contribution in [0, 0.1) is 11.6 Å². The lowest BCUT2D eigenvalue weighted by Crippen LogP contribution is -2.21. The Labute approximate surface area is 104 Å². The number of nitrogens with one attached hydrogen (secondary N) is 1. The minimum atomic E-state index is -0.897. The zero-order chi connectivity index (χ0) is 13.1. The fourth-order valence-electron chi connectivity index (χ4n) is 1.49. The smallest absolute Gasteiger partial charge is 0.167 e. The summed E-state index contributed by atoms with van der Waals surface area (Å²) in [4.78, 5) is 0. The van der Waals surface area contributed by atoms with E-state index in [0.717, 1.165) is 17.8 Å². The molecule has 1 aromatic heterocycles. The van der Waals surface area contributed by atoms with Crippen LogP contribution in [0.5, 0.6) is 0 Å². The molecular weight excluding hydrogens is 238 g/mol. The Balaban J connectivity index is 2.16. The van der Waals surface area contributed by atoms with Gasteiger partial charge in [-0.15, -0.1) is 0 Å². The second-order valence-corrected chi connectivity index (χ2v) is 4.35. The number of halogens is 2. The van der Waals surface area contributed by atoms with E-state index >= 15 is 0 Å². The van der Waals surface area contributed by atoms with Crippen LogP contribution in [-0.2, 0) is 6.54 Å². The summed E-state index contributed by atoms with van der Waals surface area (Å²) in [7, 11) is 0. The summed E-state index contributed by atoms with van der Waals surface area (Å²) in [6.07, 6.45) is 0. The second-order valence-electron chi connectivity index (χ2n) is 4.35. The Bertz CT molecular complexity index is 538. The maximum Gasteiger partial charge on any atom is 0.167 e. The molecule has 0 saturated heterocycles. The van der Waals surface area contributed by atoms with Gasteiger partial charge in [-0.25, -0.2) is 8.78 Å². The average molecular weight is 252 g/mol. The zero-order valence-electron chi connectivity index (χ0n) is 10.2.